The van der Waals surface area contributed by atoms with E-state index < -0.39 is 0 Å². The third kappa shape index (κ3) is 1.20. The Morgan fingerprint density at radius 2 is 2.38 bits per heavy atom. The summed E-state index contributed by atoms with van der Waals surface area (Å²) in [5.74, 6) is 0.911. The minimum atomic E-state index is 0.101. The number of allylic oxidation sites excluding steroid dienone is 2. The van der Waals surface area contributed by atoms with Crippen molar-refractivity contribution in [3.05, 3.63) is 27.6 Å². The molecule has 0 aromatic carbocycles. The van der Waals surface area contributed by atoms with Gasteiger partial charge in [0.25, 0.3) is 0 Å². The van der Waals surface area contributed by atoms with Crippen molar-refractivity contribution in [1.29, 1.82) is 0 Å². The molecular weight excluding hydrogens is 239 g/mol. The smallest absolute Gasteiger partial charge is 0.197 e. The van der Waals surface area contributed by atoms with Gasteiger partial charge in [-0.1, -0.05) is 6.92 Å². The highest BCUT2D eigenvalue weighted by atomic mass is 32.1. The van der Waals surface area contributed by atoms with Crippen LogP contribution in [-0.2, 0) is 0 Å². The molecule has 1 aromatic heterocycles. The van der Waals surface area contributed by atoms with Gasteiger partial charge in [0.1, 0.15) is 0 Å². The number of carbonyl (C=O) groups excluding carboxylic acids is 1. The van der Waals surface area contributed by atoms with Crippen LogP contribution in [0, 0.1) is 5.92 Å². The fourth-order valence-electron chi connectivity index (χ4n) is 2.69. The van der Waals surface area contributed by atoms with Crippen molar-refractivity contribution in [3.8, 4) is 0 Å². The molecule has 2 aliphatic rings. The summed E-state index contributed by atoms with van der Waals surface area (Å²) < 4.78 is 2.09. The minimum absolute atomic E-state index is 0.101. The Morgan fingerprint density at radius 1 is 1.62 bits per heavy atom. The quantitative estimate of drug-likeness (QED) is 0.720. The molecule has 0 radical (unpaired) electrons. The highest BCUT2D eigenvalue weighted by Gasteiger charge is 2.40. The average molecular weight is 252 g/mol. The van der Waals surface area contributed by atoms with Crippen molar-refractivity contribution in [1.82, 2.24) is 4.67 Å². The summed E-state index contributed by atoms with van der Waals surface area (Å²) in [6.45, 7) is 3.17. The van der Waals surface area contributed by atoms with Crippen LogP contribution in [0.4, 0.5) is 5.69 Å². The van der Waals surface area contributed by atoms with Crippen LogP contribution < -0.4 is 5.73 Å². The standard InChI is InChI=1S/C11H13N2OPS/c1-5-3-13(15)7-2-8(14)11-10(9(5)7)6(12)4-16-11/h2,4-5,9H,3,12,15H2,1H3/t5-,9?/m1/s1. The van der Waals surface area contributed by atoms with Crippen LogP contribution in [-0.4, -0.2) is 17.0 Å². The molecule has 2 unspecified atom stereocenters. The summed E-state index contributed by atoms with van der Waals surface area (Å²) in [5.41, 5.74) is 8.92. The predicted molar refractivity (Wildman–Crippen MR) is 69.5 cm³/mol. The molecule has 16 heavy (non-hydrogen) atoms. The maximum absolute atomic E-state index is 11.9. The van der Waals surface area contributed by atoms with Gasteiger partial charge in [-0.2, -0.15) is 0 Å². The Labute approximate surface area is 101 Å². The zero-order valence-electron chi connectivity index (χ0n) is 8.93. The lowest BCUT2D eigenvalue weighted by Gasteiger charge is -2.23. The third-order valence-corrected chi connectivity index (χ3v) is 4.91. The van der Waals surface area contributed by atoms with Gasteiger partial charge in [0.2, 0.25) is 0 Å². The summed E-state index contributed by atoms with van der Waals surface area (Å²) >= 11 is 1.47. The van der Waals surface area contributed by atoms with Gasteiger partial charge in [0, 0.05) is 40.9 Å². The van der Waals surface area contributed by atoms with E-state index in [0.717, 1.165) is 28.4 Å². The lowest BCUT2D eigenvalue weighted by molar-refractivity contribution is 0.104. The van der Waals surface area contributed by atoms with Crippen LogP contribution in [0.5, 0.6) is 0 Å². The lowest BCUT2D eigenvalue weighted by atomic mass is 9.83. The fourth-order valence-corrected chi connectivity index (χ4v) is 4.17. The molecule has 0 amide bonds. The molecule has 5 heteroatoms. The summed E-state index contributed by atoms with van der Waals surface area (Å²) in [6.07, 6.45) is 1.76. The van der Waals surface area contributed by atoms with E-state index in [4.69, 9.17) is 5.73 Å². The summed E-state index contributed by atoms with van der Waals surface area (Å²) in [7, 11) is 2.69. The molecule has 2 N–H and O–H groups in total. The van der Waals surface area contributed by atoms with Gasteiger partial charge >= 0.3 is 0 Å². The molecule has 1 saturated heterocycles. The maximum atomic E-state index is 11.9. The molecular formula is C11H13N2OPS. The minimum Gasteiger partial charge on any atom is -0.398 e. The molecule has 0 spiro atoms. The maximum Gasteiger partial charge on any atom is 0.197 e. The number of hydrogen-bond acceptors (Lipinski definition) is 4. The third-order valence-electron chi connectivity index (χ3n) is 3.38. The van der Waals surface area contributed by atoms with E-state index in [-0.39, 0.29) is 5.78 Å². The van der Waals surface area contributed by atoms with Crippen molar-refractivity contribution < 1.29 is 4.79 Å². The Morgan fingerprint density at radius 3 is 3.12 bits per heavy atom. The van der Waals surface area contributed by atoms with Gasteiger partial charge in [-0.05, 0) is 15.3 Å². The topological polar surface area (TPSA) is 46.3 Å². The number of hydrogen-bond donors (Lipinski definition) is 1. The summed E-state index contributed by atoms with van der Waals surface area (Å²) in [6, 6.07) is 0. The number of rotatable bonds is 0. The van der Waals surface area contributed by atoms with Crippen LogP contribution in [0.3, 0.4) is 0 Å². The van der Waals surface area contributed by atoms with Crippen LogP contribution in [0.25, 0.3) is 0 Å². The Balaban J connectivity index is 2.22. The van der Waals surface area contributed by atoms with Crippen LogP contribution in [0.2, 0.25) is 0 Å². The average Bonchev–Trinajstić information content (AvgIpc) is 2.71. The molecule has 1 aliphatic carbocycles. The van der Waals surface area contributed by atoms with E-state index in [2.05, 4.69) is 21.0 Å². The fraction of sp³-hybridized carbons (Fsp3) is 0.364. The predicted octanol–water partition coefficient (Wildman–Crippen LogP) is 2.24. The molecule has 1 fully saturated rings. The highest BCUT2D eigenvalue weighted by Crippen LogP contribution is 2.49. The van der Waals surface area contributed by atoms with E-state index in [1.165, 1.54) is 11.3 Å². The van der Waals surface area contributed by atoms with Crippen molar-refractivity contribution in [2.45, 2.75) is 12.8 Å². The van der Waals surface area contributed by atoms with Crippen molar-refractivity contribution in [3.63, 3.8) is 0 Å². The van der Waals surface area contributed by atoms with E-state index in [1.807, 2.05) is 5.38 Å². The molecule has 3 rings (SSSR count). The Hall–Kier alpha value is -0.860. The number of nitrogen functional groups attached to an aromatic ring is 1. The molecule has 2 heterocycles. The molecule has 0 saturated carbocycles. The van der Waals surface area contributed by atoms with Crippen LogP contribution in [0.1, 0.15) is 28.1 Å². The van der Waals surface area contributed by atoms with Gasteiger partial charge in [0.15, 0.2) is 5.78 Å². The van der Waals surface area contributed by atoms with Gasteiger partial charge in [-0.15, -0.1) is 11.3 Å². The van der Waals surface area contributed by atoms with Crippen molar-refractivity contribution in [2.24, 2.45) is 5.92 Å². The van der Waals surface area contributed by atoms with E-state index >= 15 is 0 Å². The first-order valence-electron chi connectivity index (χ1n) is 5.24. The van der Waals surface area contributed by atoms with Crippen LogP contribution >= 0.6 is 20.7 Å². The summed E-state index contributed by atoms with van der Waals surface area (Å²) in [5, 5.41) is 1.89. The monoisotopic (exact) mass is 252 g/mol. The Bertz CT molecular complexity index is 508. The SMILES string of the molecule is C[C@@H]1CN(P)C2=CC(=O)c3scc(N)c3C21. The number of nitrogens with two attached hydrogens (primary N) is 1. The van der Waals surface area contributed by atoms with Gasteiger partial charge in [-0.3, -0.25) is 4.79 Å². The molecule has 1 aromatic rings. The van der Waals surface area contributed by atoms with Crippen LogP contribution in [0.15, 0.2) is 17.2 Å². The zero-order valence-corrected chi connectivity index (χ0v) is 10.9. The molecule has 84 valence electrons. The van der Waals surface area contributed by atoms with Crippen molar-refractivity contribution >= 4 is 32.2 Å². The van der Waals surface area contributed by atoms with Gasteiger partial charge in [-0.25, -0.2) is 0 Å². The number of thiophene rings is 1. The van der Waals surface area contributed by atoms with Gasteiger partial charge < -0.3 is 10.4 Å². The number of nitrogens with zero attached hydrogens (tertiary/aromatic N) is 1. The molecule has 3 nitrogen and oxygen atoms in total. The first-order chi connectivity index (χ1) is 7.59. The lowest BCUT2D eigenvalue weighted by Crippen LogP contribution is -2.16. The second kappa shape index (κ2) is 3.31. The van der Waals surface area contributed by atoms with E-state index in [0.29, 0.717) is 11.8 Å². The number of carbonyl (C=O) groups is 1. The van der Waals surface area contributed by atoms with Crippen molar-refractivity contribution in [2.75, 3.05) is 12.3 Å². The molecule has 0 bridgehead atoms. The second-order valence-corrected chi connectivity index (χ2v) is 5.98. The summed E-state index contributed by atoms with van der Waals surface area (Å²) in [4.78, 5) is 12.8. The molecule has 3 atom stereocenters. The second-order valence-electron chi connectivity index (χ2n) is 4.47. The first kappa shape index (κ1) is 10.3. The normalized spacial score (nSPS) is 27.8. The van der Waals surface area contributed by atoms with E-state index in [1.54, 1.807) is 6.08 Å². The van der Waals surface area contributed by atoms with E-state index in [9.17, 15) is 4.79 Å². The largest absolute Gasteiger partial charge is 0.398 e. The van der Waals surface area contributed by atoms with Gasteiger partial charge in [0.05, 0.1) is 4.88 Å². The first-order valence-corrected chi connectivity index (χ1v) is 6.64. The number of fused-ring (bicyclic) bond motifs is 3. The number of anilines is 1. The number of ketones is 1. The zero-order chi connectivity index (χ0) is 11.4. The Kier molecular flexibility index (Phi) is 2.13. The molecule has 1 aliphatic heterocycles. The highest BCUT2D eigenvalue weighted by molar-refractivity contribution is 7.14.